The number of nitrogens with two attached hydrogens (primary N) is 1. The van der Waals surface area contributed by atoms with Gasteiger partial charge in [0.05, 0.1) is 6.04 Å². The summed E-state index contributed by atoms with van der Waals surface area (Å²) in [4.78, 5) is 0. The normalized spacial score (nSPS) is 19.2. The van der Waals surface area contributed by atoms with Gasteiger partial charge < -0.3 is 0 Å². The number of hydrazine groups is 1. The number of hydrogen-bond donors (Lipinski definition) is 2. The summed E-state index contributed by atoms with van der Waals surface area (Å²) in [5, 5.41) is 0. The van der Waals surface area contributed by atoms with E-state index in [9.17, 15) is 4.39 Å². The molecule has 2 unspecified atom stereocenters. The molecule has 0 bridgehead atoms. The minimum absolute atomic E-state index is 0.176. The Morgan fingerprint density at radius 1 is 1.11 bits per heavy atom. The summed E-state index contributed by atoms with van der Waals surface area (Å²) in [6, 6.07) is 15.0. The molecule has 2 nitrogen and oxygen atoms in total. The van der Waals surface area contributed by atoms with Gasteiger partial charge in [0, 0.05) is 11.5 Å². The van der Waals surface area contributed by atoms with Gasteiger partial charge in [-0.15, -0.1) is 0 Å². The van der Waals surface area contributed by atoms with Gasteiger partial charge in [0.25, 0.3) is 0 Å². The quantitative estimate of drug-likeness (QED) is 0.654. The van der Waals surface area contributed by atoms with Crippen LogP contribution in [0.15, 0.2) is 48.5 Å². The van der Waals surface area contributed by atoms with Crippen LogP contribution in [0.1, 0.15) is 35.1 Å². The van der Waals surface area contributed by atoms with E-state index in [4.69, 9.17) is 5.84 Å². The summed E-state index contributed by atoms with van der Waals surface area (Å²) in [7, 11) is 0. The molecule has 0 aromatic heterocycles. The van der Waals surface area contributed by atoms with Crippen LogP contribution in [-0.2, 0) is 6.42 Å². The van der Waals surface area contributed by atoms with Crippen molar-refractivity contribution in [2.45, 2.75) is 24.8 Å². The number of benzene rings is 2. The lowest BCUT2D eigenvalue weighted by molar-refractivity contribution is 0.434. The molecule has 0 fully saturated rings. The van der Waals surface area contributed by atoms with E-state index < -0.39 is 0 Å². The third kappa shape index (κ3) is 2.15. The lowest BCUT2D eigenvalue weighted by Crippen LogP contribution is -2.32. The average Bonchev–Trinajstić information content (AvgIpc) is 2.86. The first-order valence-electron chi connectivity index (χ1n) is 6.59. The third-order valence-corrected chi connectivity index (χ3v) is 4.00. The van der Waals surface area contributed by atoms with Gasteiger partial charge in [-0.05, 0) is 30.0 Å². The molecule has 98 valence electrons. The molecule has 3 heteroatoms. The maximum atomic E-state index is 14.0. The monoisotopic (exact) mass is 256 g/mol. The zero-order chi connectivity index (χ0) is 13.2. The Hall–Kier alpha value is -1.71. The van der Waals surface area contributed by atoms with E-state index in [-0.39, 0.29) is 17.8 Å². The fourth-order valence-corrected chi connectivity index (χ4v) is 3.09. The van der Waals surface area contributed by atoms with Crippen LogP contribution in [0.25, 0.3) is 0 Å². The molecule has 2 atom stereocenters. The molecular formula is C16H17FN2. The Morgan fingerprint density at radius 2 is 1.84 bits per heavy atom. The Bertz CT molecular complexity index is 582. The molecule has 3 rings (SSSR count). The number of nitrogens with one attached hydrogen (secondary N) is 1. The van der Waals surface area contributed by atoms with Crippen molar-refractivity contribution in [1.82, 2.24) is 5.43 Å². The lowest BCUT2D eigenvalue weighted by atomic mass is 9.88. The Morgan fingerprint density at radius 3 is 2.63 bits per heavy atom. The van der Waals surface area contributed by atoms with Gasteiger partial charge in [-0.1, -0.05) is 42.5 Å². The number of aryl methyl sites for hydroxylation is 1. The highest BCUT2D eigenvalue weighted by Gasteiger charge is 2.31. The predicted octanol–water partition coefficient (Wildman–Crippen LogP) is 3.06. The first-order valence-corrected chi connectivity index (χ1v) is 6.59. The molecule has 1 aliphatic carbocycles. The second-order valence-corrected chi connectivity index (χ2v) is 5.01. The smallest absolute Gasteiger partial charge is 0.128 e. The van der Waals surface area contributed by atoms with E-state index in [0.29, 0.717) is 5.56 Å². The summed E-state index contributed by atoms with van der Waals surface area (Å²) >= 11 is 0. The molecule has 3 N–H and O–H groups in total. The van der Waals surface area contributed by atoms with Crippen molar-refractivity contribution in [2.75, 3.05) is 0 Å². The molecule has 0 amide bonds. The van der Waals surface area contributed by atoms with E-state index >= 15 is 0 Å². The van der Waals surface area contributed by atoms with Gasteiger partial charge in [-0.25, -0.2) is 4.39 Å². The van der Waals surface area contributed by atoms with Crippen LogP contribution >= 0.6 is 0 Å². The van der Waals surface area contributed by atoms with Crippen LogP contribution in [0.4, 0.5) is 4.39 Å². The van der Waals surface area contributed by atoms with Crippen LogP contribution in [0, 0.1) is 5.82 Å². The standard InChI is InChI=1S/C16H17FN2/c17-15-8-4-3-7-14(15)16(19-18)13-10-9-11-5-1-2-6-12(11)13/h1-8,13,16,19H,9-10,18H2. The minimum atomic E-state index is -0.199. The Balaban J connectivity index is 1.99. The molecule has 0 heterocycles. The summed E-state index contributed by atoms with van der Waals surface area (Å²) in [5.74, 6) is 5.73. The maximum absolute atomic E-state index is 14.0. The Labute approximate surface area is 112 Å². The molecule has 1 aliphatic rings. The largest absolute Gasteiger partial charge is 0.271 e. The molecule has 2 aromatic rings. The van der Waals surface area contributed by atoms with Gasteiger partial charge in [0.1, 0.15) is 5.82 Å². The first kappa shape index (κ1) is 12.3. The van der Waals surface area contributed by atoms with Crippen LogP contribution in [0.3, 0.4) is 0 Å². The topological polar surface area (TPSA) is 38.0 Å². The summed E-state index contributed by atoms with van der Waals surface area (Å²) in [6.45, 7) is 0. The van der Waals surface area contributed by atoms with Crippen LogP contribution in [0.2, 0.25) is 0 Å². The van der Waals surface area contributed by atoms with Crippen molar-refractivity contribution in [2.24, 2.45) is 5.84 Å². The molecule has 0 radical (unpaired) electrons. The first-order chi connectivity index (χ1) is 9.31. The third-order valence-electron chi connectivity index (χ3n) is 4.00. The fourth-order valence-electron chi connectivity index (χ4n) is 3.09. The van der Waals surface area contributed by atoms with Crippen molar-refractivity contribution in [3.8, 4) is 0 Å². The zero-order valence-electron chi connectivity index (χ0n) is 10.6. The minimum Gasteiger partial charge on any atom is -0.271 e. The molecule has 19 heavy (non-hydrogen) atoms. The van der Waals surface area contributed by atoms with E-state index in [1.165, 1.54) is 17.2 Å². The summed E-state index contributed by atoms with van der Waals surface area (Å²) in [5.41, 5.74) is 6.08. The second-order valence-electron chi connectivity index (χ2n) is 5.01. The van der Waals surface area contributed by atoms with E-state index in [2.05, 4.69) is 23.6 Å². The van der Waals surface area contributed by atoms with Gasteiger partial charge in [0.2, 0.25) is 0 Å². The molecule has 0 saturated carbocycles. The molecular weight excluding hydrogens is 239 g/mol. The van der Waals surface area contributed by atoms with Crippen molar-refractivity contribution in [3.63, 3.8) is 0 Å². The molecule has 0 aliphatic heterocycles. The van der Waals surface area contributed by atoms with Crippen molar-refractivity contribution in [1.29, 1.82) is 0 Å². The van der Waals surface area contributed by atoms with E-state index in [1.807, 2.05) is 12.1 Å². The maximum Gasteiger partial charge on any atom is 0.128 e. The van der Waals surface area contributed by atoms with Crippen molar-refractivity contribution < 1.29 is 4.39 Å². The molecule has 0 saturated heterocycles. The van der Waals surface area contributed by atoms with Gasteiger partial charge in [0.15, 0.2) is 0 Å². The van der Waals surface area contributed by atoms with Gasteiger partial charge in [-0.2, -0.15) is 0 Å². The van der Waals surface area contributed by atoms with Crippen molar-refractivity contribution >= 4 is 0 Å². The van der Waals surface area contributed by atoms with Crippen molar-refractivity contribution in [3.05, 3.63) is 71.0 Å². The highest BCUT2D eigenvalue weighted by Crippen LogP contribution is 2.41. The zero-order valence-corrected chi connectivity index (χ0v) is 10.6. The highest BCUT2D eigenvalue weighted by atomic mass is 19.1. The average molecular weight is 256 g/mol. The van der Waals surface area contributed by atoms with Gasteiger partial charge >= 0.3 is 0 Å². The lowest BCUT2D eigenvalue weighted by Gasteiger charge is -2.24. The van der Waals surface area contributed by atoms with Crippen LogP contribution in [0.5, 0.6) is 0 Å². The number of fused-ring (bicyclic) bond motifs is 1. The summed E-state index contributed by atoms with van der Waals surface area (Å²) in [6.07, 6.45) is 2.04. The number of rotatable bonds is 3. The predicted molar refractivity (Wildman–Crippen MR) is 74.0 cm³/mol. The molecule has 2 aromatic carbocycles. The van der Waals surface area contributed by atoms with Gasteiger partial charge in [-0.3, -0.25) is 11.3 Å². The van der Waals surface area contributed by atoms with Crippen LogP contribution in [-0.4, -0.2) is 0 Å². The fraction of sp³-hybridized carbons (Fsp3) is 0.250. The number of hydrogen-bond acceptors (Lipinski definition) is 2. The SMILES string of the molecule is NNC(c1ccccc1F)C1CCc2ccccc21. The van der Waals surface area contributed by atoms with E-state index in [1.54, 1.807) is 12.1 Å². The second kappa shape index (κ2) is 5.11. The van der Waals surface area contributed by atoms with Crippen LogP contribution < -0.4 is 11.3 Å². The van der Waals surface area contributed by atoms with E-state index in [0.717, 1.165) is 12.8 Å². The highest BCUT2D eigenvalue weighted by molar-refractivity contribution is 5.38. The number of halogens is 1. The molecule has 0 spiro atoms. The Kier molecular flexibility index (Phi) is 3.32. The summed E-state index contributed by atoms with van der Waals surface area (Å²) < 4.78 is 14.0.